The monoisotopic (exact) mass is 310 g/mol. The maximum Gasteiger partial charge on any atom is 0.225 e. The Balaban J connectivity index is 1.83. The lowest BCUT2D eigenvalue weighted by atomic mass is 10.1. The first-order valence-corrected chi connectivity index (χ1v) is 8.80. The van der Waals surface area contributed by atoms with Crippen molar-refractivity contribution >= 4 is 11.8 Å². The Hall–Kier alpha value is -2.10. The first-order valence-electron chi connectivity index (χ1n) is 8.80. The first kappa shape index (κ1) is 15.8. The lowest BCUT2D eigenvalue weighted by Crippen LogP contribution is -2.16. The Morgan fingerprint density at radius 2 is 1.87 bits per heavy atom. The summed E-state index contributed by atoms with van der Waals surface area (Å²) < 4.78 is 0. The lowest BCUT2D eigenvalue weighted by molar-refractivity contribution is 0.749. The molecule has 2 aromatic rings. The van der Waals surface area contributed by atoms with Gasteiger partial charge in [0.25, 0.3) is 0 Å². The predicted octanol–water partition coefficient (Wildman–Crippen LogP) is 4.71. The molecule has 4 nitrogen and oxygen atoms in total. The molecule has 1 aliphatic carbocycles. The lowest BCUT2D eigenvalue weighted by Gasteiger charge is -2.15. The van der Waals surface area contributed by atoms with Crippen molar-refractivity contribution in [2.24, 2.45) is 0 Å². The van der Waals surface area contributed by atoms with E-state index >= 15 is 0 Å². The molecule has 1 aromatic heterocycles. The van der Waals surface area contributed by atoms with E-state index in [-0.39, 0.29) is 0 Å². The molecule has 1 saturated carbocycles. The van der Waals surface area contributed by atoms with Gasteiger partial charge in [0, 0.05) is 24.2 Å². The molecule has 3 rings (SSSR count). The fourth-order valence-electron chi connectivity index (χ4n) is 3.01. The van der Waals surface area contributed by atoms with E-state index in [1.54, 1.807) is 0 Å². The SMILES string of the molecule is CCCCNc1nc(NC2CCCC2)cc(-c2ccccc2)n1. The van der Waals surface area contributed by atoms with E-state index in [2.05, 4.69) is 45.7 Å². The number of rotatable bonds is 7. The Labute approximate surface area is 138 Å². The molecule has 1 aromatic carbocycles. The van der Waals surface area contributed by atoms with Gasteiger partial charge in [0.05, 0.1) is 5.69 Å². The summed E-state index contributed by atoms with van der Waals surface area (Å²) in [5.41, 5.74) is 2.10. The molecule has 4 heteroatoms. The van der Waals surface area contributed by atoms with Crippen LogP contribution in [-0.2, 0) is 0 Å². The van der Waals surface area contributed by atoms with E-state index in [9.17, 15) is 0 Å². The fraction of sp³-hybridized carbons (Fsp3) is 0.474. The minimum absolute atomic E-state index is 0.553. The molecule has 0 spiro atoms. The van der Waals surface area contributed by atoms with Gasteiger partial charge in [-0.25, -0.2) is 4.98 Å². The van der Waals surface area contributed by atoms with Crippen molar-refractivity contribution in [3.8, 4) is 11.3 Å². The predicted molar refractivity (Wildman–Crippen MR) is 96.7 cm³/mol. The van der Waals surface area contributed by atoms with Crippen LogP contribution in [-0.4, -0.2) is 22.6 Å². The Morgan fingerprint density at radius 1 is 1.09 bits per heavy atom. The summed E-state index contributed by atoms with van der Waals surface area (Å²) >= 11 is 0. The van der Waals surface area contributed by atoms with Gasteiger partial charge < -0.3 is 10.6 Å². The molecule has 0 radical (unpaired) electrons. The van der Waals surface area contributed by atoms with Crippen LogP contribution < -0.4 is 10.6 Å². The first-order chi connectivity index (χ1) is 11.3. The molecule has 0 unspecified atom stereocenters. The van der Waals surface area contributed by atoms with Crippen LogP contribution in [0.3, 0.4) is 0 Å². The van der Waals surface area contributed by atoms with Crippen LogP contribution in [0.25, 0.3) is 11.3 Å². The molecule has 0 atom stereocenters. The summed E-state index contributed by atoms with van der Waals surface area (Å²) in [5.74, 6) is 1.66. The summed E-state index contributed by atoms with van der Waals surface area (Å²) in [7, 11) is 0. The minimum atomic E-state index is 0.553. The molecule has 23 heavy (non-hydrogen) atoms. The fourth-order valence-corrected chi connectivity index (χ4v) is 3.01. The molecule has 2 N–H and O–H groups in total. The molecule has 0 bridgehead atoms. The number of unbranched alkanes of at least 4 members (excludes halogenated alkanes) is 1. The maximum atomic E-state index is 4.69. The van der Waals surface area contributed by atoms with Crippen LogP contribution >= 0.6 is 0 Å². The molecular weight excluding hydrogens is 284 g/mol. The molecular formula is C19H26N4. The van der Waals surface area contributed by atoms with Gasteiger partial charge in [-0.15, -0.1) is 0 Å². The highest BCUT2D eigenvalue weighted by Crippen LogP contribution is 2.25. The molecule has 1 fully saturated rings. The second kappa shape index (κ2) is 7.95. The number of benzene rings is 1. The smallest absolute Gasteiger partial charge is 0.225 e. The number of nitrogens with zero attached hydrogens (tertiary/aromatic N) is 2. The molecule has 1 heterocycles. The van der Waals surface area contributed by atoms with Crippen LogP contribution in [0.1, 0.15) is 45.4 Å². The van der Waals surface area contributed by atoms with Gasteiger partial charge in [-0.3, -0.25) is 0 Å². The van der Waals surface area contributed by atoms with Gasteiger partial charge in [-0.1, -0.05) is 56.5 Å². The van der Waals surface area contributed by atoms with Crippen molar-refractivity contribution in [2.75, 3.05) is 17.2 Å². The third kappa shape index (κ3) is 4.44. The van der Waals surface area contributed by atoms with Crippen molar-refractivity contribution in [3.05, 3.63) is 36.4 Å². The summed E-state index contributed by atoms with van der Waals surface area (Å²) in [4.78, 5) is 9.35. The Kier molecular flexibility index (Phi) is 5.46. The summed E-state index contributed by atoms with van der Waals surface area (Å²) in [6.07, 6.45) is 7.40. The third-order valence-corrected chi connectivity index (χ3v) is 4.32. The van der Waals surface area contributed by atoms with E-state index in [1.165, 1.54) is 32.1 Å². The zero-order valence-corrected chi connectivity index (χ0v) is 13.9. The molecule has 0 aliphatic heterocycles. The number of anilines is 2. The van der Waals surface area contributed by atoms with Gasteiger partial charge in [0.1, 0.15) is 5.82 Å². The highest BCUT2D eigenvalue weighted by atomic mass is 15.1. The second-order valence-electron chi connectivity index (χ2n) is 6.23. The number of hydrogen-bond acceptors (Lipinski definition) is 4. The highest BCUT2D eigenvalue weighted by molar-refractivity contribution is 5.64. The normalized spacial score (nSPS) is 14.8. The van der Waals surface area contributed by atoms with Crippen molar-refractivity contribution in [2.45, 2.75) is 51.5 Å². The van der Waals surface area contributed by atoms with Gasteiger partial charge in [-0.05, 0) is 19.3 Å². The highest BCUT2D eigenvalue weighted by Gasteiger charge is 2.16. The van der Waals surface area contributed by atoms with E-state index in [0.717, 1.165) is 36.0 Å². The van der Waals surface area contributed by atoms with Crippen LogP contribution in [0.15, 0.2) is 36.4 Å². The minimum Gasteiger partial charge on any atom is -0.367 e. The van der Waals surface area contributed by atoms with Crippen molar-refractivity contribution in [1.82, 2.24) is 9.97 Å². The quantitative estimate of drug-likeness (QED) is 0.727. The van der Waals surface area contributed by atoms with Crippen LogP contribution in [0.5, 0.6) is 0 Å². The van der Waals surface area contributed by atoms with Gasteiger partial charge >= 0.3 is 0 Å². The Bertz CT molecular complexity index is 606. The third-order valence-electron chi connectivity index (χ3n) is 4.32. The summed E-state index contributed by atoms with van der Waals surface area (Å²) in [5, 5.41) is 6.95. The summed E-state index contributed by atoms with van der Waals surface area (Å²) in [6.45, 7) is 3.10. The van der Waals surface area contributed by atoms with Gasteiger partial charge in [0.15, 0.2) is 0 Å². The molecule has 0 saturated heterocycles. The zero-order chi connectivity index (χ0) is 15.9. The summed E-state index contributed by atoms with van der Waals surface area (Å²) in [6, 6.07) is 12.9. The standard InChI is InChI=1S/C19H26N4/c1-2-3-13-20-19-22-17(15-9-5-4-6-10-15)14-18(23-19)21-16-11-7-8-12-16/h4-6,9-10,14,16H,2-3,7-8,11-13H2,1H3,(H2,20,21,22,23). The van der Waals surface area contributed by atoms with Crippen molar-refractivity contribution in [1.29, 1.82) is 0 Å². The zero-order valence-electron chi connectivity index (χ0n) is 13.9. The van der Waals surface area contributed by atoms with Crippen molar-refractivity contribution in [3.63, 3.8) is 0 Å². The van der Waals surface area contributed by atoms with Crippen LogP contribution in [0.2, 0.25) is 0 Å². The Morgan fingerprint density at radius 3 is 2.61 bits per heavy atom. The van der Waals surface area contributed by atoms with Crippen LogP contribution in [0.4, 0.5) is 11.8 Å². The second-order valence-corrected chi connectivity index (χ2v) is 6.23. The van der Waals surface area contributed by atoms with Gasteiger partial charge in [0.2, 0.25) is 5.95 Å². The van der Waals surface area contributed by atoms with E-state index in [0.29, 0.717) is 6.04 Å². The number of hydrogen-bond donors (Lipinski definition) is 2. The number of aromatic nitrogens is 2. The maximum absolute atomic E-state index is 4.69. The van der Waals surface area contributed by atoms with E-state index < -0.39 is 0 Å². The molecule has 0 amide bonds. The average molecular weight is 310 g/mol. The molecule has 122 valence electrons. The van der Waals surface area contributed by atoms with E-state index in [4.69, 9.17) is 0 Å². The molecule has 1 aliphatic rings. The largest absolute Gasteiger partial charge is 0.367 e. The average Bonchev–Trinajstić information content (AvgIpc) is 3.09. The van der Waals surface area contributed by atoms with E-state index in [1.807, 2.05) is 18.2 Å². The van der Waals surface area contributed by atoms with Gasteiger partial charge in [-0.2, -0.15) is 4.98 Å². The topological polar surface area (TPSA) is 49.8 Å². The van der Waals surface area contributed by atoms with Crippen LogP contribution in [0, 0.1) is 0 Å². The number of nitrogens with one attached hydrogen (secondary N) is 2. The van der Waals surface area contributed by atoms with Crippen molar-refractivity contribution < 1.29 is 0 Å².